The summed E-state index contributed by atoms with van der Waals surface area (Å²) in [5, 5.41) is 17.2. The lowest BCUT2D eigenvalue weighted by atomic mass is 10.0. The van der Waals surface area contributed by atoms with Crippen LogP contribution in [-0.2, 0) is 11.2 Å². The first-order valence-corrected chi connectivity index (χ1v) is 13.0. The predicted molar refractivity (Wildman–Crippen MR) is 151 cm³/mol. The molecule has 0 radical (unpaired) electrons. The summed E-state index contributed by atoms with van der Waals surface area (Å²) in [7, 11) is 0. The van der Waals surface area contributed by atoms with Gasteiger partial charge in [-0.2, -0.15) is 9.65 Å². The molecule has 1 unspecified atom stereocenters. The lowest BCUT2D eigenvalue weighted by Gasteiger charge is -2.14. The molecule has 12 nitrogen and oxygen atoms in total. The summed E-state index contributed by atoms with van der Waals surface area (Å²) in [5.74, 6) is -3.04. The number of nitriles is 1. The van der Waals surface area contributed by atoms with Gasteiger partial charge in [0.25, 0.3) is 5.91 Å². The molecular formula is C28H29F2N9O3. The van der Waals surface area contributed by atoms with Gasteiger partial charge in [0.2, 0.25) is 11.7 Å². The van der Waals surface area contributed by atoms with Gasteiger partial charge in [0.05, 0.1) is 17.9 Å². The van der Waals surface area contributed by atoms with Crippen molar-refractivity contribution < 1.29 is 23.1 Å². The maximum Gasteiger partial charge on any atom is 0.251 e. The summed E-state index contributed by atoms with van der Waals surface area (Å²) < 4.78 is 36.0. The lowest BCUT2D eigenvalue weighted by Crippen LogP contribution is -2.47. The third kappa shape index (κ3) is 6.43. The van der Waals surface area contributed by atoms with Crippen molar-refractivity contribution in [2.45, 2.75) is 19.4 Å². The van der Waals surface area contributed by atoms with E-state index in [0.717, 1.165) is 5.56 Å². The average Bonchev–Trinajstić information content (AvgIpc) is 3.44. The van der Waals surface area contributed by atoms with Crippen molar-refractivity contribution in [2.24, 2.45) is 11.5 Å². The van der Waals surface area contributed by atoms with Crippen LogP contribution in [0.4, 0.5) is 20.3 Å². The number of nitrogens with two attached hydrogens (primary N) is 2. The molecule has 2 heterocycles. The monoisotopic (exact) mass is 577 g/mol. The molecule has 4 aromatic rings. The highest BCUT2D eigenvalue weighted by atomic mass is 19.2. The molecule has 0 fully saturated rings. The molecule has 0 spiro atoms. The topological polar surface area (TPSA) is 185 Å². The van der Waals surface area contributed by atoms with E-state index in [-0.39, 0.29) is 48.5 Å². The molecule has 0 aliphatic heterocycles. The highest BCUT2D eigenvalue weighted by Crippen LogP contribution is 2.32. The summed E-state index contributed by atoms with van der Waals surface area (Å²) >= 11 is 0. The number of amides is 2. The predicted octanol–water partition coefficient (Wildman–Crippen LogP) is 2.01. The van der Waals surface area contributed by atoms with Crippen LogP contribution >= 0.6 is 0 Å². The molecule has 42 heavy (non-hydrogen) atoms. The number of aryl methyl sites for hydroxylation is 1. The Hall–Kier alpha value is -5.13. The Bertz CT molecular complexity index is 1650. The van der Waals surface area contributed by atoms with Gasteiger partial charge in [0.15, 0.2) is 29.6 Å². The Labute approximate surface area is 239 Å². The van der Waals surface area contributed by atoms with E-state index in [1.165, 1.54) is 24.5 Å². The van der Waals surface area contributed by atoms with Crippen molar-refractivity contribution in [3.05, 3.63) is 71.7 Å². The molecule has 218 valence electrons. The van der Waals surface area contributed by atoms with E-state index < -0.39 is 24.3 Å². The fourth-order valence-corrected chi connectivity index (χ4v) is 4.18. The number of benzene rings is 2. The van der Waals surface area contributed by atoms with Crippen molar-refractivity contribution >= 4 is 29.0 Å². The number of nitrogens with one attached hydrogen (secondary N) is 3. The maximum absolute atomic E-state index is 14.9. The second-order valence-electron chi connectivity index (χ2n) is 9.04. The number of rotatable bonds is 12. The summed E-state index contributed by atoms with van der Waals surface area (Å²) in [4.78, 5) is 33.2. The third-order valence-corrected chi connectivity index (χ3v) is 6.34. The van der Waals surface area contributed by atoms with Crippen LogP contribution in [0.5, 0.6) is 5.75 Å². The van der Waals surface area contributed by atoms with Gasteiger partial charge < -0.3 is 32.2 Å². The summed E-state index contributed by atoms with van der Waals surface area (Å²) in [6, 6.07) is 8.70. The molecule has 0 saturated carbocycles. The molecule has 4 rings (SSSR count). The number of imidazole rings is 1. The van der Waals surface area contributed by atoms with Crippen LogP contribution in [0.25, 0.3) is 16.9 Å². The van der Waals surface area contributed by atoms with Gasteiger partial charge in [-0.25, -0.2) is 14.4 Å². The van der Waals surface area contributed by atoms with Gasteiger partial charge in [0.1, 0.15) is 6.07 Å². The van der Waals surface area contributed by atoms with Crippen LogP contribution in [0.15, 0.2) is 48.9 Å². The second-order valence-corrected chi connectivity index (χ2v) is 9.04. The standard InChI is InChI=1S/C28H29F2N9O3/c1-2-16-13-17(3-4-18(16)27(40)35-8-9-36-28(41)20(33)14-32)38-25-26-37-15-21(39(26)11-10-34-25)19-5-6-22(42-12-7-31)24(30)23(19)29/h3-6,10-11,13,15,20H,2,8-9,12,14,32-33H2,1H3,(H,34,38)(H,35,40)(H,36,41). The largest absolute Gasteiger partial charge is 0.476 e. The Balaban J connectivity index is 1.51. The van der Waals surface area contributed by atoms with Crippen molar-refractivity contribution in [2.75, 3.05) is 31.6 Å². The minimum atomic E-state index is -1.21. The zero-order valence-electron chi connectivity index (χ0n) is 22.7. The maximum atomic E-state index is 14.9. The number of halogens is 2. The van der Waals surface area contributed by atoms with Gasteiger partial charge in [-0.3, -0.25) is 14.0 Å². The van der Waals surface area contributed by atoms with Gasteiger partial charge in [0, 0.05) is 48.8 Å². The Kier molecular flexibility index (Phi) is 9.58. The van der Waals surface area contributed by atoms with E-state index in [9.17, 15) is 18.4 Å². The number of anilines is 2. The highest BCUT2D eigenvalue weighted by molar-refractivity contribution is 5.96. The van der Waals surface area contributed by atoms with E-state index in [0.29, 0.717) is 29.1 Å². The first-order chi connectivity index (χ1) is 20.3. The summed E-state index contributed by atoms with van der Waals surface area (Å²) in [5.41, 5.74) is 13.4. The van der Waals surface area contributed by atoms with Crippen molar-refractivity contribution in [1.29, 1.82) is 5.26 Å². The van der Waals surface area contributed by atoms with Crippen molar-refractivity contribution in [3.8, 4) is 23.1 Å². The van der Waals surface area contributed by atoms with Crippen LogP contribution in [0.1, 0.15) is 22.8 Å². The number of fused-ring (bicyclic) bond motifs is 1. The van der Waals surface area contributed by atoms with Crippen molar-refractivity contribution in [3.63, 3.8) is 0 Å². The van der Waals surface area contributed by atoms with Crippen LogP contribution in [0, 0.1) is 23.0 Å². The van der Waals surface area contributed by atoms with Crippen LogP contribution in [0.2, 0.25) is 0 Å². The van der Waals surface area contributed by atoms with Gasteiger partial charge in [-0.1, -0.05) is 6.92 Å². The van der Waals surface area contributed by atoms with E-state index >= 15 is 0 Å². The van der Waals surface area contributed by atoms with Gasteiger partial charge >= 0.3 is 0 Å². The number of ether oxygens (including phenoxy) is 1. The SMILES string of the molecule is CCc1cc(Nc2nccn3c(-c4ccc(OCC#N)c(F)c4F)cnc23)ccc1C(=O)NCCNC(=O)C(N)CN. The number of aromatic nitrogens is 3. The first kappa shape index (κ1) is 29.8. The molecule has 2 amide bonds. The molecule has 0 bridgehead atoms. The molecule has 2 aromatic heterocycles. The Morgan fingerprint density at radius 1 is 1.14 bits per heavy atom. The molecular weight excluding hydrogens is 548 g/mol. The second kappa shape index (κ2) is 13.5. The quantitative estimate of drug-likeness (QED) is 0.157. The minimum Gasteiger partial charge on any atom is -0.476 e. The van der Waals surface area contributed by atoms with Crippen LogP contribution in [-0.4, -0.2) is 58.5 Å². The highest BCUT2D eigenvalue weighted by Gasteiger charge is 2.20. The molecule has 0 aliphatic rings. The van der Waals surface area contributed by atoms with Gasteiger partial charge in [-0.05, 0) is 42.3 Å². The first-order valence-electron chi connectivity index (χ1n) is 13.0. The normalized spacial score (nSPS) is 11.5. The average molecular weight is 578 g/mol. The Morgan fingerprint density at radius 2 is 1.93 bits per heavy atom. The van der Waals surface area contributed by atoms with E-state index in [1.54, 1.807) is 34.9 Å². The minimum absolute atomic E-state index is 0.0251. The number of hydrogen-bond donors (Lipinski definition) is 5. The Morgan fingerprint density at radius 3 is 2.67 bits per heavy atom. The van der Waals surface area contributed by atoms with E-state index in [2.05, 4.69) is 25.9 Å². The number of carbonyl (C=O) groups excluding carboxylic acids is 2. The molecule has 1 atom stereocenters. The summed E-state index contributed by atoms with van der Waals surface area (Å²) in [6.07, 6.45) is 5.01. The number of carbonyl (C=O) groups is 2. The molecule has 0 aliphatic carbocycles. The molecule has 2 aromatic carbocycles. The van der Waals surface area contributed by atoms with Gasteiger partial charge in [-0.15, -0.1) is 0 Å². The zero-order chi connectivity index (χ0) is 30.2. The van der Waals surface area contributed by atoms with Crippen molar-refractivity contribution in [1.82, 2.24) is 25.0 Å². The smallest absolute Gasteiger partial charge is 0.251 e. The van der Waals surface area contributed by atoms with E-state index in [1.807, 2.05) is 6.92 Å². The number of hydrogen-bond acceptors (Lipinski definition) is 9. The zero-order valence-corrected chi connectivity index (χ0v) is 22.7. The number of nitrogens with zero attached hydrogens (tertiary/aromatic N) is 4. The fraction of sp³-hybridized carbons (Fsp3) is 0.250. The lowest BCUT2D eigenvalue weighted by molar-refractivity contribution is -0.122. The van der Waals surface area contributed by atoms with E-state index in [4.69, 9.17) is 21.5 Å². The van der Waals surface area contributed by atoms with Crippen LogP contribution in [0.3, 0.4) is 0 Å². The molecule has 7 N–H and O–H groups in total. The van der Waals surface area contributed by atoms with Crippen LogP contribution < -0.4 is 32.2 Å². The summed E-state index contributed by atoms with van der Waals surface area (Å²) in [6.45, 7) is 1.93. The third-order valence-electron chi connectivity index (χ3n) is 6.34. The molecule has 0 saturated heterocycles. The molecule has 14 heteroatoms. The fourth-order valence-electron chi connectivity index (χ4n) is 4.18.